The van der Waals surface area contributed by atoms with E-state index in [-0.39, 0.29) is 5.91 Å². The van der Waals surface area contributed by atoms with E-state index < -0.39 is 0 Å². The van der Waals surface area contributed by atoms with Gasteiger partial charge >= 0.3 is 0 Å². The molecule has 1 aromatic carbocycles. The molecule has 0 saturated carbocycles. The predicted octanol–water partition coefficient (Wildman–Crippen LogP) is 2.05. The second-order valence-electron chi connectivity index (χ2n) is 3.47. The number of methoxy groups -OCH3 is 1. The maximum atomic E-state index is 11.5. The third kappa shape index (κ3) is 1.95. The monoisotopic (exact) mass is 333 g/mol. The topological polar surface area (TPSA) is 38.8 Å². The normalized spacial score (nSPS) is 14.1. The van der Waals surface area contributed by atoms with Crippen molar-refractivity contribution in [3.05, 3.63) is 15.7 Å². The van der Waals surface area contributed by atoms with Crippen molar-refractivity contribution in [2.75, 3.05) is 25.2 Å². The molecule has 4 nitrogen and oxygen atoms in total. The van der Waals surface area contributed by atoms with Crippen molar-refractivity contribution < 1.29 is 14.3 Å². The number of halogens is 1. The highest BCUT2D eigenvalue weighted by Gasteiger charge is 2.22. The average molecular weight is 333 g/mol. The summed E-state index contributed by atoms with van der Waals surface area (Å²) in [5.74, 6) is 1.52. The first-order valence-electron chi connectivity index (χ1n) is 4.92. The first-order valence-corrected chi connectivity index (χ1v) is 6.00. The Bertz CT molecular complexity index is 433. The summed E-state index contributed by atoms with van der Waals surface area (Å²) < 4.78 is 11.7. The Labute approximate surface area is 108 Å². The van der Waals surface area contributed by atoms with Crippen molar-refractivity contribution >= 4 is 34.2 Å². The van der Waals surface area contributed by atoms with E-state index in [0.29, 0.717) is 13.2 Å². The van der Waals surface area contributed by atoms with Crippen LogP contribution in [0.2, 0.25) is 0 Å². The van der Waals surface area contributed by atoms with Gasteiger partial charge in [-0.1, -0.05) is 0 Å². The van der Waals surface area contributed by atoms with Gasteiger partial charge in [0.2, 0.25) is 5.91 Å². The van der Waals surface area contributed by atoms with Gasteiger partial charge in [-0.15, -0.1) is 0 Å². The van der Waals surface area contributed by atoms with E-state index in [4.69, 9.17) is 9.47 Å². The summed E-state index contributed by atoms with van der Waals surface area (Å²) in [4.78, 5) is 13.2. The van der Waals surface area contributed by atoms with Gasteiger partial charge in [-0.3, -0.25) is 4.79 Å². The molecule has 0 aromatic heterocycles. The van der Waals surface area contributed by atoms with Crippen LogP contribution in [0.3, 0.4) is 0 Å². The Hall–Kier alpha value is -0.980. The molecule has 0 fully saturated rings. The minimum atomic E-state index is 0.0211. The van der Waals surface area contributed by atoms with Gasteiger partial charge in [0.15, 0.2) is 0 Å². The first kappa shape index (κ1) is 11.5. The minimum absolute atomic E-state index is 0.0211. The Morgan fingerprint density at radius 1 is 1.56 bits per heavy atom. The smallest absolute Gasteiger partial charge is 0.224 e. The third-order valence-electron chi connectivity index (χ3n) is 2.48. The number of carbonyl (C=O) groups excluding carboxylic acids is 1. The summed E-state index contributed by atoms with van der Waals surface area (Å²) in [5, 5.41) is 0. The summed E-state index contributed by atoms with van der Waals surface area (Å²) in [7, 11) is 1.62. The highest BCUT2D eigenvalue weighted by Crippen LogP contribution is 2.38. The number of anilines is 1. The number of nitrogens with zero attached hydrogens (tertiary/aromatic N) is 1. The Balaban J connectivity index is 2.50. The number of hydrogen-bond donors (Lipinski definition) is 0. The van der Waals surface area contributed by atoms with E-state index in [2.05, 4.69) is 22.6 Å². The third-order valence-corrected chi connectivity index (χ3v) is 3.32. The Morgan fingerprint density at radius 3 is 2.94 bits per heavy atom. The summed E-state index contributed by atoms with van der Waals surface area (Å²) in [5.41, 5.74) is 0.788. The molecular weight excluding hydrogens is 321 g/mol. The van der Waals surface area contributed by atoms with E-state index in [1.807, 2.05) is 12.1 Å². The molecule has 0 spiro atoms. The van der Waals surface area contributed by atoms with Gasteiger partial charge in [0.1, 0.15) is 18.1 Å². The molecule has 0 bridgehead atoms. The van der Waals surface area contributed by atoms with Crippen LogP contribution >= 0.6 is 22.6 Å². The zero-order chi connectivity index (χ0) is 11.7. The molecule has 2 rings (SSSR count). The average Bonchev–Trinajstić information content (AvgIpc) is 2.26. The van der Waals surface area contributed by atoms with Crippen molar-refractivity contribution in [3.8, 4) is 11.5 Å². The van der Waals surface area contributed by atoms with E-state index in [1.54, 1.807) is 18.9 Å². The van der Waals surface area contributed by atoms with Crippen molar-refractivity contribution in [1.29, 1.82) is 0 Å². The van der Waals surface area contributed by atoms with Crippen LogP contribution < -0.4 is 14.4 Å². The van der Waals surface area contributed by atoms with E-state index >= 15 is 0 Å². The van der Waals surface area contributed by atoms with Crippen LogP contribution in [0.25, 0.3) is 0 Å². The van der Waals surface area contributed by atoms with Gasteiger partial charge in [0.05, 0.1) is 22.9 Å². The highest BCUT2D eigenvalue weighted by atomic mass is 127. The first-order chi connectivity index (χ1) is 7.63. The summed E-state index contributed by atoms with van der Waals surface area (Å²) in [6.45, 7) is 2.68. The summed E-state index contributed by atoms with van der Waals surface area (Å²) >= 11 is 2.18. The second-order valence-corrected chi connectivity index (χ2v) is 4.64. The van der Waals surface area contributed by atoms with Gasteiger partial charge in [0, 0.05) is 13.0 Å². The molecule has 0 aliphatic carbocycles. The summed E-state index contributed by atoms with van der Waals surface area (Å²) in [6.07, 6.45) is 0. The van der Waals surface area contributed by atoms with E-state index in [1.165, 1.54) is 0 Å². The van der Waals surface area contributed by atoms with Gasteiger partial charge in [-0.05, 0) is 28.7 Å². The number of ether oxygens (including phenoxy) is 2. The molecule has 5 heteroatoms. The molecule has 0 N–H and O–H groups in total. The van der Waals surface area contributed by atoms with Gasteiger partial charge in [0.25, 0.3) is 0 Å². The molecule has 1 aliphatic heterocycles. The number of amides is 1. The number of carbonyl (C=O) groups is 1. The van der Waals surface area contributed by atoms with Crippen LogP contribution in [0.4, 0.5) is 5.69 Å². The summed E-state index contributed by atoms with van der Waals surface area (Å²) in [6, 6.07) is 3.74. The van der Waals surface area contributed by atoms with Crippen molar-refractivity contribution in [2.45, 2.75) is 6.92 Å². The maximum absolute atomic E-state index is 11.5. The maximum Gasteiger partial charge on any atom is 0.224 e. The zero-order valence-corrected chi connectivity index (χ0v) is 11.3. The lowest BCUT2D eigenvalue weighted by Crippen LogP contribution is -2.36. The molecule has 1 aliphatic rings. The fourth-order valence-electron chi connectivity index (χ4n) is 1.70. The number of benzene rings is 1. The molecular formula is C11H12INO3. The minimum Gasteiger partial charge on any atom is -0.496 e. The zero-order valence-electron chi connectivity index (χ0n) is 9.12. The molecule has 0 atom stereocenters. The van der Waals surface area contributed by atoms with Crippen molar-refractivity contribution in [1.82, 2.24) is 0 Å². The van der Waals surface area contributed by atoms with E-state index in [9.17, 15) is 4.79 Å². The van der Waals surface area contributed by atoms with Crippen LogP contribution in [0.15, 0.2) is 12.1 Å². The highest BCUT2D eigenvalue weighted by molar-refractivity contribution is 14.1. The number of hydrogen-bond acceptors (Lipinski definition) is 3. The lowest BCUT2D eigenvalue weighted by Gasteiger charge is -2.29. The van der Waals surface area contributed by atoms with Crippen LogP contribution in [0.5, 0.6) is 11.5 Å². The van der Waals surface area contributed by atoms with Crippen LogP contribution in [-0.2, 0) is 4.79 Å². The molecule has 1 heterocycles. The van der Waals surface area contributed by atoms with Gasteiger partial charge < -0.3 is 14.4 Å². The quantitative estimate of drug-likeness (QED) is 0.739. The van der Waals surface area contributed by atoms with Gasteiger partial charge in [-0.25, -0.2) is 0 Å². The van der Waals surface area contributed by atoms with Crippen LogP contribution in [0.1, 0.15) is 6.92 Å². The lowest BCUT2D eigenvalue weighted by atomic mass is 10.2. The molecule has 0 unspecified atom stereocenters. The number of fused-ring (bicyclic) bond motifs is 1. The molecule has 0 radical (unpaired) electrons. The van der Waals surface area contributed by atoms with Crippen molar-refractivity contribution in [2.24, 2.45) is 0 Å². The molecule has 1 amide bonds. The number of rotatable bonds is 1. The molecule has 1 aromatic rings. The Morgan fingerprint density at radius 2 is 2.31 bits per heavy atom. The van der Waals surface area contributed by atoms with Gasteiger partial charge in [-0.2, -0.15) is 0 Å². The lowest BCUT2D eigenvalue weighted by molar-refractivity contribution is -0.116. The largest absolute Gasteiger partial charge is 0.496 e. The molecule has 16 heavy (non-hydrogen) atoms. The van der Waals surface area contributed by atoms with E-state index in [0.717, 1.165) is 20.8 Å². The fourth-order valence-corrected chi connectivity index (χ4v) is 2.36. The fraction of sp³-hybridized carbons (Fsp3) is 0.364. The Kier molecular flexibility index (Phi) is 3.22. The standard InChI is InChI=1S/C11H12INO3/c1-7(14)13-3-4-16-11-5-8(12)10(15-2)6-9(11)13/h5-6H,3-4H2,1-2H3. The van der Waals surface area contributed by atoms with Crippen LogP contribution in [-0.4, -0.2) is 26.2 Å². The predicted molar refractivity (Wildman–Crippen MR) is 69.2 cm³/mol. The molecule has 86 valence electrons. The van der Waals surface area contributed by atoms with Crippen LogP contribution in [0, 0.1) is 3.57 Å². The van der Waals surface area contributed by atoms with Crippen molar-refractivity contribution in [3.63, 3.8) is 0 Å². The second kappa shape index (κ2) is 4.48. The SMILES string of the molecule is COc1cc2c(cc1I)OCCN2C(C)=O. The molecule has 0 saturated heterocycles.